The normalized spacial score (nSPS) is 15.9. The summed E-state index contributed by atoms with van der Waals surface area (Å²) in [6.07, 6.45) is 2.02. The lowest BCUT2D eigenvalue weighted by Gasteiger charge is -2.26. The second kappa shape index (κ2) is 7.99. The minimum absolute atomic E-state index is 0.189. The quantitative estimate of drug-likeness (QED) is 0.628. The van der Waals surface area contributed by atoms with Crippen molar-refractivity contribution in [1.29, 1.82) is 5.26 Å². The van der Waals surface area contributed by atoms with Gasteiger partial charge in [-0.3, -0.25) is 4.57 Å². The lowest BCUT2D eigenvalue weighted by atomic mass is 9.97. The molecule has 0 aliphatic carbocycles. The molecule has 2 aliphatic heterocycles. The van der Waals surface area contributed by atoms with E-state index in [-0.39, 0.29) is 30.8 Å². The highest BCUT2D eigenvalue weighted by atomic mass is 16.6. The van der Waals surface area contributed by atoms with Gasteiger partial charge >= 0.3 is 5.69 Å². The number of nitriles is 1. The summed E-state index contributed by atoms with van der Waals surface area (Å²) in [5.41, 5.74) is 3.35. The van der Waals surface area contributed by atoms with E-state index in [1.165, 1.54) is 0 Å². The molecule has 5 rings (SSSR count). The molecule has 156 valence electrons. The Hall–Kier alpha value is -4.06. The Labute approximate surface area is 177 Å². The van der Waals surface area contributed by atoms with Crippen LogP contribution in [0.25, 0.3) is 11.3 Å². The third-order valence-electron chi connectivity index (χ3n) is 5.20. The van der Waals surface area contributed by atoms with Crippen molar-refractivity contribution < 1.29 is 14.2 Å². The Bertz CT molecular complexity index is 1230. The number of hydrogen-bond donors (Lipinski definition) is 1. The molecule has 1 unspecified atom stereocenters. The second-order valence-corrected chi connectivity index (χ2v) is 7.22. The average Bonchev–Trinajstić information content (AvgIpc) is 2.81. The summed E-state index contributed by atoms with van der Waals surface area (Å²) in [5, 5.41) is 11.8. The van der Waals surface area contributed by atoms with E-state index in [1.54, 1.807) is 29.0 Å². The van der Waals surface area contributed by atoms with Crippen LogP contribution >= 0.6 is 0 Å². The Morgan fingerprint density at radius 2 is 2.26 bits per heavy atom. The van der Waals surface area contributed by atoms with E-state index >= 15 is 0 Å². The van der Waals surface area contributed by atoms with Gasteiger partial charge in [0.25, 0.3) is 5.88 Å². The van der Waals surface area contributed by atoms with Gasteiger partial charge in [-0.2, -0.15) is 10.2 Å². The van der Waals surface area contributed by atoms with Gasteiger partial charge in [-0.25, -0.2) is 9.78 Å². The van der Waals surface area contributed by atoms with E-state index in [0.29, 0.717) is 31.2 Å². The molecule has 0 saturated heterocycles. The van der Waals surface area contributed by atoms with E-state index in [1.807, 2.05) is 18.2 Å². The molecule has 1 N–H and O–H groups in total. The van der Waals surface area contributed by atoms with Crippen LogP contribution in [-0.2, 0) is 13.0 Å². The molecule has 0 fully saturated rings. The maximum Gasteiger partial charge on any atom is 0.351 e. The topological polar surface area (TPSA) is 111 Å². The van der Waals surface area contributed by atoms with Gasteiger partial charge in [0.2, 0.25) is 5.88 Å². The summed E-state index contributed by atoms with van der Waals surface area (Å²) >= 11 is 0. The van der Waals surface area contributed by atoms with Gasteiger partial charge in [0.05, 0.1) is 11.8 Å². The number of rotatable bonds is 5. The van der Waals surface area contributed by atoms with Gasteiger partial charge in [-0.1, -0.05) is 6.07 Å². The Morgan fingerprint density at radius 3 is 3.16 bits per heavy atom. The number of aromatic nitrogens is 3. The number of nitrogens with zero attached hydrogens (tertiary/aromatic N) is 4. The van der Waals surface area contributed by atoms with Crippen LogP contribution in [0.1, 0.15) is 5.56 Å². The zero-order valence-corrected chi connectivity index (χ0v) is 16.6. The molecule has 0 saturated carbocycles. The third-order valence-corrected chi connectivity index (χ3v) is 5.20. The summed E-state index contributed by atoms with van der Waals surface area (Å²) in [6.45, 7) is 1.27. The third kappa shape index (κ3) is 3.75. The zero-order valence-electron chi connectivity index (χ0n) is 16.6. The van der Waals surface area contributed by atoms with Crippen LogP contribution in [0.15, 0.2) is 47.4 Å². The molecule has 2 aliphatic rings. The first-order valence-corrected chi connectivity index (χ1v) is 9.94. The van der Waals surface area contributed by atoms with Crippen molar-refractivity contribution in [3.8, 4) is 34.8 Å². The van der Waals surface area contributed by atoms with Gasteiger partial charge in [-0.05, 0) is 36.2 Å². The average molecular weight is 417 g/mol. The standard InChI is InChI=1S/C22H19N5O4/c23-6-8-24-15-3-4-17-14(10-15)5-9-27-18(17)11-20(26-22(27)28)29-12-16-13-30-21-19(31-16)2-1-7-25-21/h1-4,7,10-11,16,24H,5,8-9,12-13H2. The van der Waals surface area contributed by atoms with Crippen LogP contribution in [0.2, 0.25) is 0 Å². The number of anilines is 1. The van der Waals surface area contributed by atoms with E-state index in [9.17, 15) is 4.79 Å². The van der Waals surface area contributed by atoms with Crippen molar-refractivity contribution in [2.45, 2.75) is 19.1 Å². The maximum atomic E-state index is 12.6. The highest BCUT2D eigenvalue weighted by molar-refractivity contribution is 5.69. The van der Waals surface area contributed by atoms with E-state index in [4.69, 9.17) is 19.5 Å². The molecule has 1 atom stereocenters. The molecule has 0 amide bonds. The fourth-order valence-corrected chi connectivity index (χ4v) is 3.75. The van der Waals surface area contributed by atoms with Crippen molar-refractivity contribution in [1.82, 2.24) is 14.5 Å². The smallest absolute Gasteiger partial charge is 0.351 e. The Balaban J connectivity index is 1.35. The number of hydrogen-bond acceptors (Lipinski definition) is 8. The predicted molar refractivity (Wildman–Crippen MR) is 111 cm³/mol. The number of benzene rings is 1. The molecule has 2 aromatic heterocycles. The fourth-order valence-electron chi connectivity index (χ4n) is 3.75. The Morgan fingerprint density at radius 1 is 1.32 bits per heavy atom. The van der Waals surface area contributed by atoms with Gasteiger partial charge in [0, 0.05) is 30.1 Å². The SMILES string of the molecule is N#CCNc1ccc2c(c1)CCn1c-2cc(OCC2COc3ncccc3O2)nc1=O. The molecule has 0 bridgehead atoms. The number of nitrogens with one attached hydrogen (secondary N) is 1. The zero-order chi connectivity index (χ0) is 21.2. The number of pyridine rings is 1. The Kier molecular flexibility index (Phi) is 4.88. The first kappa shape index (κ1) is 18.9. The minimum Gasteiger partial charge on any atom is -0.478 e. The fraction of sp³-hybridized carbons (Fsp3) is 0.273. The van der Waals surface area contributed by atoms with Crippen LogP contribution in [0.4, 0.5) is 5.69 Å². The monoisotopic (exact) mass is 417 g/mol. The molecule has 9 nitrogen and oxygen atoms in total. The van der Waals surface area contributed by atoms with Crippen LogP contribution in [0.5, 0.6) is 17.5 Å². The molecule has 31 heavy (non-hydrogen) atoms. The number of fused-ring (bicyclic) bond motifs is 4. The molecule has 3 aromatic rings. The molecule has 0 spiro atoms. The summed E-state index contributed by atoms with van der Waals surface area (Å²) in [5.74, 6) is 1.27. The highest BCUT2D eigenvalue weighted by Crippen LogP contribution is 2.32. The van der Waals surface area contributed by atoms with Crippen molar-refractivity contribution in [3.63, 3.8) is 0 Å². The van der Waals surface area contributed by atoms with Gasteiger partial charge in [0.15, 0.2) is 11.9 Å². The maximum absolute atomic E-state index is 12.6. The van der Waals surface area contributed by atoms with E-state index in [2.05, 4.69) is 21.4 Å². The number of ether oxygens (including phenoxy) is 3. The van der Waals surface area contributed by atoms with Crippen LogP contribution in [-0.4, -0.2) is 40.4 Å². The first-order chi connectivity index (χ1) is 15.2. The highest BCUT2D eigenvalue weighted by Gasteiger charge is 2.24. The second-order valence-electron chi connectivity index (χ2n) is 7.22. The summed E-state index contributed by atoms with van der Waals surface area (Å²) < 4.78 is 18.9. The lowest BCUT2D eigenvalue weighted by molar-refractivity contribution is 0.0486. The predicted octanol–water partition coefficient (Wildman–Crippen LogP) is 2.02. The van der Waals surface area contributed by atoms with Crippen molar-refractivity contribution in [2.24, 2.45) is 0 Å². The largest absolute Gasteiger partial charge is 0.478 e. The summed E-state index contributed by atoms with van der Waals surface area (Å²) in [7, 11) is 0. The van der Waals surface area contributed by atoms with Gasteiger partial charge in [0.1, 0.15) is 19.8 Å². The number of aryl methyl sites for hydroxylation is 1. The molecular weight excluding hydrogens is 398 g/mol. The molecule has 9 heteroatoms. The minimum atomic E-state index is -0.347. The molecule has 1 aromatic carbocycles. The molecule has 4 heterocycles. The summed E-state index contributed by atoms with van der Waals surface area (Å²) in [6, 6.07) is 13.3. The first-order valence-electron chi connectivity index (χ1n) is 9.94. The lowest BCUT2D eigenvalue weighted by Crippen LogP contribution is -2.35. The van der Waals surface area contributed by atoms with E-state index < -0.39 is 0 Å². The van der Waals surface area contributed by atoms with Crippen molar-refractivity contribution >= 4 is 5.69 Å². The van der Waals surface area contributed by atoms with Crippen molar-refractivity contribution in [2.75, 3.05) is 25.1 Å². The van der Waals surface area contributed by atoms with E-state index in [0.717, 1.165) is 22.5 Å². The van der Waals surface area contributed by atoms with Crippen molar-refractivity contribution in [3.05, 3.63) is 58.6 Å². The van der Waals surface area contributed by atoms with Crippen LogP contribution < -0.4 is 25.2 Å². The van der Waals surface area contributed by atoms with Gasteiger partial charge in [-0.15, -0.1) is 0 Å². The summed E-state index contributed by atoms with van der Waals surface area (Å²) in [4.78, 5) is 20.8. The van der Waals surface area contributed by atoms with Gasteiger partial charge < -0.3 is 19.5 Å². The van der Waals surface area contributed by atoms with Crippen LogP contribution in [0.3, 0.4) is 0 Å². The molecule has 0 radical (unpaired) electrons. The van der Waals surface area contributed by atoms with Crippen LogP contribution in [0, 0.1) is 11.3 Å². The molecular formula is C22H19N5O4.